The van der Waals surface area contributed by atoms with Crippen molar-refractivity contribution in [2.45, 2.75) is 45.3 Å². The fraction of sp³-hybridized carbons (Fsp3) is 0.632. The van der Waals surface area contributed by atoms with Gasteiger partial charge in [-0.25, -0.2) is 0 Å². The minimum atomic E-state index is 0.0533. The average molecular weight is 316 g/mol. The zero-order chi connectivity index (χ0) is 16.6. The van der Waals surface area contributed by atoms with Crippen molar-refractivity contribution in [3.63, 3.8) is 0 Å². The van der Waals surface area contributed by atoms with E-state index in [9.17, 15) is 4.79 Å². The number of aryl methyl sites for hydroxylation is 1. The van der Waals surface area contributed by atoms with Crippen LogP contribution in [0.3, 0.4) is 0 Å². The lowest BCUT2D eigenvalue weighted by Gasteiger charge is -2.62. The summed E-state index contributed by atoms with van der Waals surface area (Å²) in [6.07, 6.45) is 2.23. The Morgan fingerprint density at radius 2 is 1.83 bits per heavy atom. The summed E-state index contributed by atoms with van der Waals surface area (Å²) in [4.78, 5) is 16.7. The Labute approximate surface area is 139 Å². The number of hydrogen-bond acceptors (Lipinski definition) is 3. The van der Waals surface area contributed by atoms with E-state index in [4.69, 9.17) is 4.74 Å². The highest BCUT2D eigenvalue weighted by Gasteiger charge is 2.55. The smallest absolute Gasteiger partial charge is 0.225 e. The molecule has 4 nitrogen and oxygen atoms in total. The van der Waals surface area contributed by atoms with Gasteiger partial charge in [0.15, 0.2) is 0 Å². The molecule has 2 fully saturated rings. The Bertz CT molecular complexity index is 559. The van der Waals surface area contributed by atoms with Crippen LogP contribution >= 0.6 is 0 Å². The molecule has 1 atom stereocenters. The van der Waals surface area contributed by atoms with E-state index >= 15 is 0 Å². The van der Waals surface area contributed by atoms with Crippen molar-refractivity contribution in [3.8, 4) is 0 Å². The molecule has 3 rings (SSSR count). The highest BCUT2D eigenvalue weighted by molar-refractivity contribution is 5.78. The molecule has 126 valence electrons. The van der Waals surface area contributed by atoms with E-state index in [0.29, 0.717) is 0 Å². The van der Waals surface area contributed by atoms with Crippen LogP contribution in [0.5, 0.6) is 0 Å². The fourth-order valence-corrected chi connectivity index (χ4v) is 4.03. The number of methoxy groups -OCH3 is 1. The maximum atomic E-state index is 12.2. The number of amides is 1. The number of piperidine rings is 1. The molecule has 4 heteroatoms. The molecular formula is C19H28N2O2. The van der Waals surface area contributed by atoms with Gasteiger partial charge in [0.1, 0.15) is 0 Å². The maximum Gasteiger partial charge on any atom is 0.225 e. The normalized spacial score (nSPS) is 23.3. The Kier molecular flexibility index (Phi) is 4.37. The number of carbonyl (C=O) groups excluding carboxylic acids is 1. The summed E-state index contributed by atoms with van der Waals surface area (Å²) in [7, 11) is 1.81. The minimum Gasteiger partial charge on any atom is -0.377 e. The second kappa shape index (κ2) is 6.16. The summed E-state index contributed by atoms with van der Waals surface area (Å²) in [5, 5.41) is 0. The molecule has 0 aliphatic carbocycles. The highest BCUT2D eigenvalue weighted by atomic mass is 16.5. The first-order valence-corrected chi connectivity index (χ1v) is 8.64. The van der Waals surface area contributed by atoms with Gasteiger partial charge in [0.2, 0.25) is 5.91 Å². The SMILES string of the molecule is CO[C@H]1CN(c2ccc(C)cc2)C12CCN(C(=O)C(C)C)CC2. The van der Waals surface area contributed by atoms with Crippen molar-refractivity contribution in [3.05, 3.63) is 29.8 Å². The van der Waals surface area contributed by atoms with Crippen molar-refractivity contribution < 1.29 is 9.53 Å². The molecule has 1 aromatic rings. The molecule has 0 bridgehead atoms. The average Bonchev–Trinajstić information content (AvgIpc) is 2.55. The van der Waals surface area contributed by atoms with Crippen LogP contribution in [0.15, 0.2) is 24.3 Å². The summed E-state index contributed by atoms with van der Waals surface area (Å²) < 4.78 is 5.75. The molecule has 0 unspecified atom stereocenters. The number of hydrogen-bond donors (Lipinski definition) is 0. The maximum absolute atomic E-state index is 12.2. The number of nitrogens with zero attached hydrogens (tertiary/aromatic N) is 2. The van der Waals surface area contributed by atoms with Gasteiger partial charge in [0.05, 0.1) is 11.6 Å². The van der Waals surface area contributed by atoms with Gasteiger partial charge in [-0.05, 0) is 31.9 Å². The third-order valence-electron chi connectivity index (χ3n) is 5.55. The summed E-state index contributed by atoms with van der Waals surface area (Å²) in [6.45, 7) is 8.68. The minimum absolute atomic E-state index is 0.0533. The number of likely N-dealkylation sites (tertiary alicyclic amines) is 1. The molecule has 1 amide bonds. The lowest BCUT2D eigenvalue weighted by molar-refractivity contribution is -0.138. The Morgan fingerprint density at radius 3 is 2.35 bits per heavy atom. The van der Waals surface area contributed by atoms with E-state index < -0.39 is 0 Å². The number of benzene rings is 1. The topological polar surface area (TPSA) is 32.8 Å². The molecule has 2 aliphatic heterocycles. The van der Waals surface area contributed by atoms with Gasteiger partial charge in [-0.1, -0.05) is 31.5 Å². The predicted octanol–water partition coefficient (Wildman–Crippen LogP) is 2.85. The van der Waals surface area contributed by atoms with Gasteiger partial charge < -0.3 is 14.5 Å². The van der Waals surface area contributed by atoms with Gasteiger partial charge in [-0.3, -0.25) is 4.79 Å². The summed E-state index contributed by atoms with van der Waals surface area (Å²) in [6, 6.07) is 8.74. The van der Waals surface area contributed by atoms with Crippen LogP contribution in [0.25, 0.3) is 0 Å². The number of ether oxygens (including phenoxy) is 1. The van der Waals surface area contributed by atoms with Crippen LogP contribution in [0.1, 0.15) is 32.3 Å². The monoisotopic (exact) mass is 316 g/mol. The zero-order valence-corrected chi connectivity index (χ0v) is 14.7. The van der Waals surface area contributed by atoms with Crippen molar-refractivity contribution in [2.75, 3.05) is 31.6 Å². The molecule has 0 saturated carbocycles. The standard InChI is InChI=1S/C19H28N2O2/c1-14(2)18(22)20-11-9-19(10-12-20)17(23-4)13-21(19)16-7-5-15(3)6-8-16/h5-8,14,17H,9-13H2,1-4H3/t17-/m0/s1. The third-order valence-corrected chi connectivity index (χ3v) is 5.55. The van der Waals surface area contributed by atoms with E-state index in [2.05, 4.69) is 36.1 Å². The first kappa shape index (κ1) is 16.3. The van der Waals surface area contributed by atoms with Crippen LogP contribution < -0.4 is 4.90 Å². The Balaban J connectivity index is 1.76. The Morgan fingerprint density at radius 1 is 1.22 bits per heavy atom. The van der Waals surface area contributed by atoms with Crippen LogP contribution in [0, 0.1) is 12.8 Å². The van der Waals surface area contributed by atoms with E-state index in [1.165, 1.54) is 11.3 Å². The Hall–Kier alpha value is -1.55. The molecular weight excluding hydrogens is 288 g/mol. The van der Waals surface area contributed by atoms with E-state index in [0.717, 1.165) is 32.5 Å². The fourth-order valence-electron chi connectivity index (χ4n) is 4.03. The first-order valence-electron chi connectivity index (χ1n) is 8.64. The lowest BCUT2D eigenvalue weighted by atomic mass is 9.73. The number of rotatable bonds is 3. The molecule has 1 aromatic carbocycles. The third kappa shape index (κ3) is 2.74. The molecule has 0 N–H and O–H groups in total. The van der Waals surface area contributed by atoms with Crippen molar-refractivity contribution in [1.29, 1.82) is 0 Å². The first-order chi connectivity index (χ1) is 11.0. The zero-order valence-electron chi connectivity index (χ0n) is 14.7. The number of carbonyl (C=O) groups is 1. The van der Waals surface area contributed by atoms with Crippen molar-refractivity contribution >= 4 is 11.6 Å². The molecule has 2 saturated heterocycles. The molecule has 2 heterocycles. The van der Waals surface area contributed by atoms with Gasteiger partial charge in [0.25, 0.3) is 0 Å². The molecule has 23 heavy (non-hydrogen) atoms. The quantitative estimate of drug-likeness (QED) is 0.859. The van der Waals surface area contributed by atoms with Crippen LogP contribution in [0.2, 0.25) is 0 Å². The lowest BCUT2D eigenvalue weighted by Crippen LogP contribution is -2.74. The van der Waals surface area contributed by atoms with Gasteiger partial charge >= 0.3 is 0 Å². The summed E-state index contributed by atoms with van der Waals surface area (Å²) in [5.41, 5.74) is 2.61. The van der Waals surface area contributed by atoms with Gasteiger partial charge in [-0.2, -0.15) is 0 Å². The highest BCUT2D eigenvalue weighted by Crippen LogP contribution is 2.44. The second-order valence-corrected chi connectivity index (χ2v) is 7.25. The summed E-state index contributed by atoms with van der Waals surface area (Å²) in [5.74, 6) is 0.354. The van der Waals surface area contributed by atoms with Crippen molar-refractivity contribution in [1.82, 2.24) is 4.90 Å². The van der Waals surface area contributed by atoms with Gasteiger partial charge in [-0.15, -0.1) is 0 Å². The van der Waals surface area contributed by atoms with E-state index in [-0.39, 0.29) is 23.5 Å². The van der Waals surface area contributed by atoms with Crippen LogP contribution in [-0.2, 0) is 9.53 Å². The van der Waals surface area contributed by atoms with E-state index in [1.807, 2.05) is 25.9 Å². The summed E-state index contributed by atoms with van der Waals surface area (Å²) >= 11 is 0. The molecule has 1 spiro atoms. The van der Waals surface area contributed by atoms with E-state index in [1.54, 1.807) is 0 Å². The molecule has 2 aliphatic rings. The van der Waals surface area contributed by atoms with Crippen molar-refractivity contribution in [2.24, 2.45) is 5.92 Å². The molecule has 0 aromatic heterocycles. The van der Waals surface area contributed by atoms with Crippen LogP contribution in [-0.4, -0.2) is 49.2 Å². The predicted molar refractivity (Wildman–Crippen MR) is 92.7 cm³/mol. The largest absolute Gasteiger partial charge is 0.377 e. The van der Waals surface area contributed by atoms with Crippen LogP contribution in [0.4, 0.5) is 5.69 Å². The molecule has 0 radical (unpaired) electrons. The number of anilines is 1. The second-order valence-electron chi connectivity index (χ2n) is 7.25. The van der Waals surface area contributed by atoms with Gasteiger partial charge in [0, 0.05) is 38.3 Å².